The Kier molecular flexibility index (Phi) is 9.21. The third kappa shape index (κ3) is 6.11. The van der Waals surface area contributed by atoms with Crippen LogP contribution in [-0.4, -0.2) is 72.0 Å². The molecule has 2 aromatic heterocycles. The standard InChI is InChI=1S/C32H50N6O2Si/c1-22(2)41(23(3)4,24(5)6)39-21-25-18-37(17-16-36(25)7)20-32-35-34-31-15-12-26(19-38(31)32)40-30-14-13-29(33)27-10-8-9-11-28(27)30/h8-12,15,19,22-25,29-30H,13-14,16-18,20-21,33H2,1-7H3/t25?,29-,30+/m0/s1. The molecule has 1 saturated heterocycles. The highest BCUT2D eigenvalue weighted by molar-refractivity contribution is 6.77. The van der Waals surface area contributed by atoms with Crippen molar-refractivity contribution >= 4 is 14.0 Å². The summed E-state index contributed by atoms with van der Waals surface area (Å²) >= 11 is 0. The first-order valence-corrected chi connectivity index (χ1v) is 17.6. The largest absolute Gasteiger partial charge is 0.484 e. The van der Waals surface area contributed by atoms with E-state index < -0.39 is 8.32 Å². The summed E-state index contributed by atoms with van der Waals surface area (Å²) in [5.74, 6) is 1.77. The number of hydrogen-bond acceptors (Lipinski definition) is 7. The molecule has 2 aliphatic rings. The van der Waals surface area contributed by atoms with Crippen molar-refractivity contribution in [1.29, 1.82) is 0 Å². The molecule has 0 spiro atoms. The van der Waals surface area contributed by atoms with Crippen LogP contribution < -0.4 is 10.5 Å². The average Bonchev–Trinajstić information content (AvgIpc) is 3.33. The highest BCUT2D eigenvalue weighted by Crippen LogP contribution is 2.42. The van der Waals surface area contributed by atoms with E-state index in [9.17, 15) is 0 Å². The molecule has 3 heterocycles. The Labute approximate surface area is 247 Å². The van der Waals surface area contributed by atoms with Crippen LogP contribution >= 0.6 is 0 Å². The van der Waals surface area contributed by atoms with Gasteiger partial charge in [-0.15, -0.1) is 10.2 Å². The van der Waals surface area contributed by atoms with Crippen LogP contribution in [0.2, 0.25) is 16.6 Å². The molecule has 1 aliphatic heterocycles. The quantitative estimate of drug-likeness (QED) is 0.298. The lowest BCUT2D eigenvalue weighted by atomic mass is 9.86. The van der Waals surface area contributed by atoms with E-state index in [0.717, 1.165) is 62.8 Å². The van der Waals surface area contributed by atoms with Crippen molar-refractivity contribution in [3.63, 3.8) is 0 Å². The van der Waals surface area contributed by atoms with Gasteiger partial charge in [-0.1, -0.05) is 65.8 Å². The van der Waals surface area contributed by atoms with Crippen LogP contribution in [0.25, 0.3) is 5.65 Å². The normalized spacial score (nSPS) is 22.7. The second kappa shape index (κ2) is 12.5. The Morgan fingerprint density at radius 3 is 2.34 bits per heavy atom. The Balaban J connectivity index is 1.28. The lowest BCUT2D eigenvalue weighted by Gasteiger charge is -2.45. The summed E-state index contributed by atoms with van der Waals surface area (Å²) in [4.78, 5) is 4.97. The third-order valence-electron chi connectivity index (χ3n) is 9.67. The molecule has 1 fully saturated rings. The number of likely N-dealkylation sites (N-methyl/N-ethyl adjacent to an activating group) is 1. The highest BCUT2D eigenvalue weighted by Gasteiger charge is 2.45. The number of pyridine rings is 1. The molecule has 0 saturated carbocycles. The first-order chi connectivity index (χ1) is 19.6. The van der Waals surface area contributed by atoms with Crippen LogP contribution in [0.15, 0.2) is 42.6 Å². The lowest BCUT2D eigenvalue weighted by Crippen LogP contribution is -2.56. The minimum atomic E-state index is -1.91. The van der Waals surface area contributed by atoms with E-state index >= 15 is 0 Å². The molecule has 41 heavy (non-hydrogen) atoms. The second-order valence-electron chi connectivity index (χ2n) is 13.1. The number of aromatic nitrogens is 3. The smallest absolute Gasteiger partial charge is 0.200 e. The predicted molar refractivity (Wildman–Crippen MR) is 168 cm³/mol. The van der Waals surface area contributed by atoms with Gasteiger partial charge in [0, 0.05) is 31.7 Å². The Morgan fingerprint density at radius 1 is 0.927 bits per heavy atom. The van der Waals surface area contributed by atoms with E-state index in [1.54, 1.807) is 0 Å². The number of nitrogens with two attached hydrogens (primary N) is 1. The van der Waals surface area contributed by atoms with Crippen LogP contribution in [-0.2, 0) is 11.0 Å². The van der Waals surface area contributed by atoms with Gasteiger partial charge in [0.25, 0.3) is 0 Å². The summed E-state index contributed by atoms with van der Waals surface area (Å²) in [6, 6.07) is 12.8. The van der Waals surface area contributed by atoms with Gasteiger partial charge in [-0.3, -0.25) is 14.2 Å². The average molecular weight is 579 g/mol. The van der Waals surface area contributed by atoms with Gasteiger partial charge in [0.2, 0.25) is 0 Å². The summed E-state index contributed by atoms with van der Waals surface area (Å²) < 4.78 is 15.6. The van der Waals surface area contributed by atoms with Gasteiger partial charge < -0.3 is 14.9 Å². The van der Waals surface area contributed by atoms with Gasteiger partial charge in [-0.25, -0.2) is 0 Å². The van der Waals surface area contributed by atoms with Gasteiger partial charge in [-0.2, -0.15) is 0 Å². The van der Waals surface area contributed by atoms with Crippen molar-refractivity contribution < 1.29 is 9.16 Å². The van der Waals surface area contributed by atoms with Gasteiger partial charge in [0.15, 0.2) is 19.8 Å². The molecule has 3 atom stereocenters. The number of hydrogen-bond donors (Lipinski definition) is 1. The topological polar surface area (TPSA) is 81.1 Å². The zero-order valence-corrected chi connectivity index (χ0v) is 27.1. The maximum absolute atomic E-state index is 7.01. The summed E-state index contributed by atoms with van der Waals surface area (Å²) in [6.07, 6.45) is 3.88. The minimum Gasteiger partial charge on any atom is -0.484 e. The second-order valence-corrected chi connectivity index (χ2v) is 18.6. The van der Waals surface area contributed by atoms with Crippen molar-refractivity contribution in [2.24, 2.45) is 5.73 Å². The van der Waals surface area contributed by atoms with Gasteiger partial charge >= 0.3 is 0 Å². The molecule has 2 N–H and O–H groups in total. The van der Waals surface area contributed by atoms with Gasteiger partial charge in [-0.05, 0) is 59.8 Å². The predicted octanol–water partition coefficient (Wildman–Crippen LogP) is 5.95. The molecule has 9 heteroatoms. The van der Waals surface area contributed by atoms with Gasteiger partial charge in [0.05, 0.1) is 19.3 Å². The first-order valence-electron chi connectivity index (χ1n) is 15.5. The number of fused-ring (bicyclic) bond motifs is 2. The molecule has 1 aromatic carbocycles. The molecule has 0 radical (unpaired) electrons. The van der Waals surface area contributed by atoms with Crippen LogP contribution in [0.5, 0.6) is 5.75 Å². The number of ether oxygens (including phenoxy) is 1. The molecule has 0 amide bonds. The number of benzene rings is 1. The first kappa shape index (κ1) is 30.2. The molecule has 8 nitrogen and oxygen atoms in total. The minimum absolute atomic E-state index is 0.0000393. The van der Waals surface area contributed by atoms with E-state index in [1.807, 2.05) is 18.3 Å². The third-order valence-corrected chi connectivity index (χ3v) is 15.7. The molecule has 1 aliphatic carbocycles. The van der Waals surface area contributed by atoms with Crippen molar-refractivity contribution in [3.8, 4) is 5.75 Å². The highest BCUT2D eigenvalue weighted by atomic mass is 28.4. The van der Waals surface area contributed by atoms with Crippen molar-refractivity contribution in [2.75, 3.05) is 33.3 Å². The van der Waals surface area contributed by atoms with Crippen LogP contribution in [0.1, 0.15) is 83.5 Å². The SMILES string of the molecule is CC(C)[Si](OCC1CN(Cc2nnc3ccc(O[C@@H]4CC[C@H](N)c5ccccc54)cn23)CCN1C)(C(C)C)C(C)C. The zero-order chi connectivity index (χ0) is 29.3. The molecule has 0 bridgehead atoms. The van der Waals surface area contributed by atoms with Crippen LogP contribution in [0, 0.1) is 0 Å². The fourth-order valence-corrected chi connectivity index (χ4v) is 12.9. The van der Waals surface area contributed by atoms with Crippen LogP contribution in [0.4, 0.5) is 0 Å². The fraction of sp³-hybridized carbons (Fsp3) is 0.625. The van der Waals surface area contributed by atoms with E-state index in [1.165, 1.54) is 11.1 Å². The van der Waals surface area contributed by atoms with E-state index in [0.29, 0.717) is 22.7 Å². The summed E-state index contributed by atoms with van der Waals surface area (Å²) in [7, 11) is 0.331. The molecule has 224 valence electrons. The molecular formula is C32H50N6O2Si. The number of nitrogens with zero attached hydrogens (tertiary/aromatic N) is 5. The Morgan fingerprint density at radius 2 is 1.63 bits per heavy atom. The maximum Gasteiger partial charge on any atom is 0.200 e. The summed E-state index contributed by atoms with van der Waals surface area (Å²) in [6.45, 7) is 18.7. The van der Waals surface area contributed by atoms with E-state index in [2.05, 4.69) is 97.3 Å². The fourth-order valence-electron chi connectivity index (χ4n) is 7.44. The van der Waals surface area contributed by atoms with Crippen molar-refractivity contribution in [1.82, 2.24) is 24.4 Å². The van der Waals surface area contributed by atoms with E-state index in [-0.39, 0.29) is 12.1 Å². The summed E-state index contributed by atoms with van der Waals surface area (Å²) in [5, 5.41) is 9.05. The summed E-state index contributed by atoms with van der Waals surface area (Å²) in [5.41, 5.74) is 11.4. The van der Waals surface area contributed by atoms with Crippen LogP contribution in [0.3, 0.4) is 0 Å². The van der Waals surface area contributed by atoms with Crippen molar-refractivity contribution in [3.05, 3.63) is 59.5 Å². The molecule has 3 aromatic rings. The Hall–Kier alpha value is -2.30. The monoisotopic (exact) mass is 578 g/mol. The molecule has 1 unspecified atom stereocenters. The molecule has 5 rings (SSSR count). The molecular weight excluding hydrogens is 528 g/mol. The van der Waals surface area contributed by atoms with E-state index in [4.69, 9.17) is 14.9 Å². The zero-order valence-electron chi connectivity index (χ0n) is 26.1. The van der Waals surface area contributed by atoms with Crippen molar-refractivity contribution in [2.45, 2.75) is 95.7 Å². The number of piperazine rings is 1. The lowest BCUT2D eigenvalue weighted by molar-refractivity contribution is 0.0544. The Bertz CT molecular complexity index is 1290. The maximum atomic E-state index is 7.01. The van der Waals surface area contributed by atoms with Gasteiger partial charge in [0.1, 0.15) is 11.9 Å². The number of rotatable bonds is 10.